The molecule has 4 heteroatoms. The Morgan fingerprint density at radius 3 is 2.85 bits per heavy atom. The van der Waals surface area contributed by atoms with Crippen LogP contribution >= 0.6 is 11.3 Å². The maximum absolute atomic E-state index is 5.50. The highest BCUT2D eigenvalue weighted by Gasteiger charge is 2.10. The second kappa shape index (κ2) is 4.58. The molecule has 13 heavy (non-hydrogen) atoms. The third kappa shape index (κ3) is 2.42. The van der Waals surface area contributed by atoms with Crippen LogP contribution in [0.5, 0.6) is 0 Å². The lowest BCUT2D eigenvalue weighted by molar-refractivity contribution is 0.661. The van der Waals surface area contributed by atoms with Crippen LogP contribution in [0, 0.1) is 0 Å². The highest BCUT2D eigenvalue weighted by molar-refractivity contribution is 7.13. The van der Waals surface area contributed by atoms with Gasteiger partial charge in [0.1, 0.15) is 0 Å². The topological polar surface area (TPSA) is 42.2 Å². The van der Waals surface area contributed by atoms with Crippen molar-refractivity contribution in [2.75, 3.05) is 11.9 Å². The van der Waals surface area contributed by atoms with Crippen LogP contribution in [0.1, 0.15) is 26.0 Å². The fourth-order valence-corrected chi connectivity index (χ4v) is 1.92. The molecule has 1 heterocycles. The Morgan fingerprint density at radius 2 is 2.38 bits per heavy atom. The number of anilines is 1. The van der Waals surface area contributed by atoms with E-state index in [0.717, 1.165) is 17.2 Å². The van der Waals surface area contributed by atoms with E-state index in [1.54, 1.807) is 11.3 Å². The average Bonchev–Trinajstić information content (AvgIpc) is 2.63. The SMILES string of the molecule is CCC(C)N(C)c1nc(CN)cs1. The summed E-state index contributed by atoms with van der Waals surface area (Å²) >= 11 is 1.66. The molecule has 1 atom stereocenters. The van der Waals surface area contributed by atoms with Gasteiger partial charge in [0.15, 0.2) is 5.13 Å². The van der Waals surface area contributed by atoms with Crippen LogP contribution in [0.2, 0.25) is 0 Å². The molecular formula is C9H17N3S. The lowest BCUT2D eigenvalue weighted by atomic mass is 10.2. The molecule has 1 rings (SSSR count). The molecule has 1 aromatic heterocycles. The van der Waals surface area contributed by atoms with Crippen LogP contribution in [0.4, 0.5) is 5.13 Å². The normalized spacial score (nSPS) is 12.9. The van der Waals surface area contributed by atoms with Gasteiger partial charge < -0.3 is 10.6 Å². The van der Waals surface area contributed by atoms with E-state index in [2.05, 4.69) is 30.8 Å². The van der Waals surface area contributed by atoms with E-state index in [1.165, 1.54) is 0 Å². The third-order valence-electron chi connectivity index (χ3n) is 2.30. The van der Waals surface area contributed by atoms with E-state index >= 15 is 0 Å². The zero-order valence-corrected chi connectivity index (χ0v) is 9.27. The second-order valence-electron chi connectivity index (χ2n) is 3.19. The molecule has 0 amide bonds. The number of nitrogens with zero attached hydrogens (tertiary/aromatic N) is 2. The molecule has 0 saturated carbocycles. The Morgan fingerprint density at radius 1 is 1.69 bits per heavy atom. The van der Waals surface area contributed by atoms with Gasteiger partial charge in [0.2, 0.25) is 0 Å². The number of hydrogen-bond acceptors (Lipinski definition) is 4. The molecule has 0 radical (unpaired) electrons. The van der Waals surface area contributed by atoms with Crippen molar-refractivity contribution in [3.63, 3.8) is 0 Å². The van der Waals surface area contributed by atoms with Crippen LogP contribution in [0.3, 0.4) is 0 Å². The minimum Gasteiger partial charge on any atom is -0.348 e. The fourth-order valence-electron chi connectivity index (χ4n) is 1.01. The zero-order valence-electron chi connectivity index (χ0n) is 8.45. The van der Waals surface area contributed by atoms with Crippen LogP contribution in [-0.2, 0) is 6.54 Å². The smallest absolute Gasteiger partial charge is 0.185 e. The highest BCUT2D eigenvalue weighted by atomic mass is 32.1. The van der Waals surface area contributed by atoms with E-state index in [9.17, 15) is 0 Å². The molecule has 3 nitrogen and oxygen atoms in total. The summed E-state index contributed by atoms with van der Waals surface area (Å²) in [6.07, 6.45) is 1.13. The Balaban J connectivity index is 2.70. The first-order valence-electron chi connectivity index (χ1n) is 4.56. The van der Waals surface area contributed by atoms with Gasteiger partial charge >= 0.3 is 0 Å². The molecule has 0 fully saturated rings. The van der Waals surface area contributed by atoms with E-state index in [4.69, 9.17) is 5.73 Å². The van der Waals surface area contributed by atoms with E-state index < -0.39 is 0 Å². The fraction of sp³-hybridized carbons (Fsp3) is 0.667. The van der Waals surface area contributed by atoms with Crippen molar-refractivity contribution in [2.24, 2.45) is 5.73 Å². The molecule has 74 valence electrons. The van der Waals surface area contributed by atoms with Gasteiger partial charge in [0.05, 0.1) is 5.69 Å². The summed E-state index contributed by atoms with van der Waals surface area (Å²) in [6.45, 7) is 4.91. The molecule has 0 aliphatic rings. The van der Waals surface area contributed by atoms with E-state index in [-0.39, 0.29) is 0 Å². The second-order valence-corrected chi connectivity index (χ2v) is 4.03. The average molecular weight is 199 g/mol. The van der Waals surface area contributed by atoms with Gasteiger partial charge in [-0.05, 0) is 13.3 Å². The minimum absolute atomic E-state index is 0.533. The zero-order chi connectivity index (χ0) is 9.84. The summed E-state index contributed by atoms with van der Waals surface area (Å²) in [4.78, 5) is 6.62. The molecule has 0 aliphatic heterocycles. The maximum atomic E-state index is 5.50. The van der Waals surface area contributed by atoms with Gasteiger partial charge in [-0.3, -0.25) is 0 Å². The first-order chi connectivity index (χ1) is 6.19. The lowest BCUT2D eigenvalue weighted by Gasteiger charge is -2.22. The summed E-state index contributed by atoms with van der Waals surface area (Å²) in [7, 11) is 2.08. The van der Waals surface area contributed by atoms with E-state index in [1.807, 2.05) is 5.38 Å². The Hall–Kier alpha value is -0.610. The van der Waals surface area contributed by atoms with Gasteiger partial charge in [-0.1, -0.05) is 6.92 Å². The molecule has 0 spiro atoms. The molecule has 0 aliphatic carbocycles. The molecule has 1 unspecified atom stereocenters. The largest absolute Gasteiger partial charge is 0.348 e. The van der Waals surface area contributed by atoms with Crippen LogP contribution in [0.15, 0.2) is 5.38 Å². The standard InChI is InChI=1S/C9H17N3S/c1-4-7(2)12(3)9-11-8(5-10)6-13-9/h6-7H,4-5,10H2,1-3H3. The molecule has 0 bridgehead atoms. The molecule has 2 N–H and O–H groups in total. The van der Waals surface area contributed by atoms with Crippen molar-refractivity contribution in [3.8, 4) is 0 Å². The van der Waals surface area contributed by atoms with Gasteiger partial charge in [0, 0.05) is 25.0 Å². The van der Waals surface area contributed by atoms with Crippen molar-refractivity contribution in [1.29, 1.82) is 0 Å². The van der Waals surface area contributed by atoms with Gasteiger partial charge in [-0.2, -0.15) is 0 Å². The Kier molecular flexibility index (Phi) is 3.69. The quantitative estimate of drug-likeness (QED) is 0.804. The summed E-state index contributed by atoms with van der Waals surface area (Å²) in [5.74, 6) is 0. The van der Waals surface area contributed by atoms with E-state index in [0.29, 0.717) is 12.6 Å². The van der Waals surface area contributed by atoms with Crippen LogP contribution in [-0.4, -0.2) is 18.1 Å². The maximum Gasteiger partial charge on any atom is 0.185 e. The minimum atomic E-state index is 0.533. The lowest BCUT2D eigenvalue weighted by Crippen LogP contribution is -2.27. The van der Waals surface area contributed by atoms with Gasteiger partial charge in [-0.15, -0.1) is 11.3 Å². The number of nitrogens with two attached hydrogens (primary N) is 1. The highest BCUT2D eigenvalue weighted by Crippen LogP contribution is 2.21. The molecule has 0 saturated heterocycles. The first kappa shape index (κ1) is 10.5. The Bertz CT molecular complexity index is 259. The number of thiazole rings is 1. The Labute approximate surface area is 83.6 Å². The van der Waals surface area contributed by atoms with Crippen LogP contribution in [0.25, 0.3) is 0 Å². The van der Waals surface area contributed by atoms with Gasteiger partial charge in [-0.25, -0.2) is 4.98 Å². The number of aromatic nitrogens is 1. The van der Waals surface area contributed by atoms with Crippen molar-refractivity contribution in [2.45, 2.75) is 32.9 Å². The summed E-state index contributed by atoms with van der Waals surface area (Å²) in [5.41, 5.74) is 6.48. The monoisotopic (exact) mass is 199 g/mol. The predicted octanol–water partition coefficient (Wildman–Crippen LogP) is 1.84. The van der Waals surface area contributed by atoms with Gasteiger partial charge in [0.25, 0.3) is 0 Å². The summed E-state index contributed by atoms with van der Waals surface area (Å²) in [5, 5.41) is 3.09. The van der Waals surface area contributed by atoms with Crippen molar-refractivity contribution < 1.29 is 0 Å². The summed E-state index contributed by atoms with van der Waals surface area (Å²) in [6, 6.07) is 0.539. The molecule has 0 aromatic carbocycles. The first-order valence-corrected chi connectivity index (χ1v) is 5.44. The van der Waals surface area contributed by atoms with Crippen molar-refractivity contribution >= 4 is 16.5 Å². The van der Waals surface area contributed by atoms with Crippen molar-refractivity contribution in [1.82, 2.24) is 4.98 Å². The molecule has 1 aromatic rings. The summed E-state index contributed by atoms with van der Waals surface area (Å²) < 4.78 is 0. The number of hydrogen-bond donors (Lipinski definition) is 1. The third-order valence-corrected chi connectivity index (χ3v) is 3.28. The van der Waals surface area contributed by atoms with Crippen molar-refractivity contribution in [3.05, 3.63) is 11.1 Å². The molecular weight excluding hydrogens is 182 g/mol. The van der Waals surface area contributed by atoms with Crippen LogP contribution < -0.4 is 10.6 Å². The number of rotatable bonds is 4. The predicted molar refractivity (Wildman–Crippen MR) is 58.2 cm³/mol.